The number of amides is 1. The molecule has 0 saturated heterocycles. The molecule has 3 aromatic rings. The minimum Gasteiger partial charge on any atom is -0.435 e. The molecule has 0 fully saturated rings. The summed E-state index contributed by atoms with van der Waals surface area (Å²) in [6.45, 7) is -1.75. The van der Waals surface area contributed by atoms with Gasteiger partial charge in [-0.25, -0.2) is 4.68 Å². The number of ether oxygens (including phenoxy) is 1. The Hall–Kier alpha value is -2.97. The fourth-order valence-corrected chi connectivity index (χ4v) is 3.16. The van der Waals surface area contributed by atoms with Gasteiger partial charge in [-0.3, -0.25) is 9.69 Å². The third-order valence-corrected chi connectivity index (χ3v) is 4.46. The molecule has 30 heavy (non-hydrogen) atoms. The number of likely N-dealkylation sites (N-methyl/N-ethyl adjacent to an activating group) is 1. The molecule has 0 aliphatic carbocycles. The van der Waals surface area contributed by atoms with E-state index in [0.717, 1.165) is 11.1 Å². The number of nitrogens with one attached hydrogen (secondary N) is 1. The lowest BCUT2D eigenvalue weighted by atomic mass is 10.2. The standard InChI is InChI=1S/C21H21ClF2N4O2/c1-27(12-15-5-7-18(8-6-15)30-21(23)24)14-20(29)26-19-9-10-25-28(19)13-16-3-2-4-17(22)11-16/h2-11,21H,12-14H2,1H3,(H,26,29). The second-order valence-electron chi connectivity index (χ2n) is 6.75. The van der Waals surface area contributed by atoms with E-state index in [0.29, 0.717) is 23.9 Å². The van der Waals surface area contributed by atoms with E-state index >= 15 is 0 Å². The van der Waals surface area contributed by atoms with Crippen molar-refractivity contribution in [3.8, 4) is 5.75 Å². The number of aromatic nitrogens is 2. The van der Waals surface area contributed by atoms with E-state index in [4.69, 9.17) is 11.6 Å². The van der Waals surface area contributed by atoms with Gasteiger partial charge in [0.1, 0.15) is 11.6 Å². The van der Waals surface area contributed by atoms with Gasteiger partial charge in [0, 0.05) is 17.6 Å². The molecule has 2 aromatic carbocycles. The summed E-state index contributed by atoms with van der Waals surface area (Å²) in [5.74, 6) is 0.493. The van der Waals surface area contributed by atoms with Crippen LogP contribution in [-0.4, -0.2) is 40.8 Å². The van der Waals surface area contributed by atoms with Crippen molar-refractivity contribution in [2.75, 3.05) is 18.9 Å². The van der Waals surface area contributed by atoms with Gasteiger partial charge in [0.15, 0.2) is 0 Å². The molecule has 1 heterocycles. The highest BCUT2D eigenvalue weighted by molar-refractivity contribution is 6.30. The van der Waals surface area contributed by atoms with Crippen molar-refractivity contribution in [3.63, 3.8) is 0 Å². The largest absolute Gasteiger partial charge is 0.435 e. The molecule has 6 nitrogen and oxygen atoms in total. The SMILES string of the molecule is CN(CC(=O)Nc1ccnn1Cc1cccc(Cl)c1)Cc1ccc(OC(F)F)cc1. The summed E-state index contributed by atoms with van der Waals surface area (Å²) in [6.07, 6.45) is 1.62. The molecule has 0 bridgehead atoms. The lowest BCUT2D eigenvalue weighted by Gasteiger charge is -2.17. The van der Waals surface area contributed by atoms with E-state index in [1.807, 2.05) is 23.1 Å². The topological polar surface area (TPSA) is 59.4 Å². The average molecular weight is 435 g/mol. The van der Waals surface area contributed by atoms with E-state index in [1.54, 1.807) is 42.2 Å². The van der Waals surface area contributed by atoms with Crippen LogP contribution in [0, 0.1) is 0 Å². The molecule has 0 unspecified atom stereocenters. The van der Waals surface area contributed by atoms with Gasteiger partial charge in [-0.1, -0.05) is 35.9 Å². The Morgan fingerprint density at radius 2 is 1.97 bits per heavy atom. The maximum atomic E-state index is 12.4. The molecule has 158 valence electrons. The Kier molecular flexibility index (Phi) is 7.37. The summed E-state index contributed by atoms with van der Waals surface area (Å²) in [5, 5.41) is 7.75. The van der Waals surface area contributed by atoms with E-state index in [9.17, 15) is 13.6 Å². The lowest BCUT2D eigenvalue weighted by Crippen LogP contribution is -2.30. The van der Waals surface area contributed by atoms with Crippen molar-refractivity contribution in [3.05, 3.63) is 76.9 Å². The van der Waals surface area contributed by atoms with Gasteiger partial charge in [-0.2, -0.15) is 13.9 Å². The number of rotatable bonds is 9. The van der Waals surface area contributed by atoms with Gasteiger partial charge in [0.05, 0.1) is 19.3 Å². The van der Waals surface area contributed by atoms with Gasteiger partial charge in [0.25, 0.3) is 0 Å². The van der Waals surface area contributed by atoms with Gasteiger partial charge in [0.2, 0.25) is 5.91 Å². The molecular formula is C21H21ClF2N4O2. The quantitative estimate of drug-likeness (QED) is 0.546. The summed E-state index contributed by atoms with van der Waals surface area (Å²) >= 11 is 6.02. The summed E-state index contributed by atoms with van der Waals surface area (Å²) in [7, 11) is 1.80. The number of alkyl halides is 2. The molecule has 0 spiro atoms. The van der Waals surface area contributed by atoms with E-state index in [-0.39, 0.29) is 18.2 Å². The maximum Gasteiger partial charge on any atom is 0.387 e. The first-order chi connectivity index (χ1) is 14.4. The molecule has 0 aliphatic heterocycles. The molecule has 9 heteroatoms. The van der Waals surface area contributed by atoms with Crippen molar-refractivity contribution in [1.29, 1.82) is 0 Å². The first-order valence-corrected chi connectivity index (χ1v) is 9.55. The fourth-order valence-electron chi connectivity index (χ4n) is 2.94. The highest BCUT2D eigenvalue weighted by Crippen LogP contribution is 2.16. The number of anilines is 1. The van der Waals surface area contributed by atoms with Crippen molar-refractivity contribution < 1.29 is 18.3 Å². The van der Waals surface area contributed by atoms with Crippen molar-refractivity contribution in [2.24, 2.45) is 0 Å². The summed E-state index contributed by atoms with van der Waals surface area (Å²) in [6, 6.07) is 15.5. The van der Waals surface area contributed by atoms with Gasteiger partial charge >= 0.3 is 6.61 Å². The van der Waals surface area contributed by atoms with E-state index in [2.05, 4.69) is 15.2 Å². The molecule has 3 rings (SSSR count). The van der Waals surface area contributed by atoms with E-state index in [1.165, 1.54) is 12.1 Å². The summed E-state index contributed by atoms with van der Waals surface area (Å²) in [5.41, 5.74) is 1.84. The van der Waals surface area contributed by atoms with E-state index < -0.39 is 6.61 Å². The Morgan fingerprint density at radius 3 is 2.67 bits per heavy atom. The normalized spacial score (nSPS) is 11.1. The number of benzene rings is 2. The Labute approximate surface area is 178 Å². The van der Waals surface area contributed by atoms with Crippen LogP contribution in [0.3, 0.4) is 0 Å². The third-order valence-electron chi connectivity index (χ3n) is 4.22. The smallest absolute Gasteiger partial charge is 0.387 e. The number of carbonyl (C=O) groups is 1. The van der Waals surface area contributed by atoms with Crippen LogP contribution in [0.15, 0.2) is 60.8 Å². The second kappa shape index (κ2) is 10.2. The monoisotopic (exact) mass is 434 g/mol. The molecule has 0 aliphatic rings. The van der Waals surface area contributed by atoms with Crippen LogP contribution in [0.25, 0.3) is 0 Å². The lowest BCUT2D eigenvalue weighted by molar-refractivity contribution is -0.117. The predicted octanol–water partition coefficient (Wildman–Crippen LogP) is 4.26. The van der Waals surface area contributed by atoms with Crippen LogP contribution in [0.2, 0.25) is 5.02 Å². The second-order valence-corrected chi connectivity index (χ2v) is 7.18. The van der Waals surface area contributed by atoms with Gasteiger partial charge in [-0.05, 0) is 42.4 Å². The zero-order valence-corrected chi connectivity index (χ0v) is 17.0. The number of hydrogen-bond acceptors (Lipinski definition) is 4. The molecule has 1 amide bonds. The molecule has 0 radical (unpaired) electrons. The zero-order valence-electron chi connectivity index (χ0n) is 16.3. The number of halogens is 3. The average Bonchev–Trinajstić information content (AvgIpc) is 3.09. The Bertz CT molecular complexity index is 979. The van der Waals surface area contributed by atoms with Crippen LogP contribution in [0.1, 0.15) is 11.1 Å². The molecule has 0 saturated carbocycles. The first-order valence-electron chi connectivity index (χ1n) is 9.17. The van der Waals surface area contributed by atoms with Crippen LogP contribution in [0.4, 0.5) is 14.6 Å². The summed E-state index contributed by atoms with van der Waals surface area (Å²) < 4.78 is 30.4. The zero-order chi connectivity index (χ0) is 21.5. The van der Waals surface area contributed by atoms with Gasteiger partial charge < -0.3 is 10.1 Å². The van der Waals surface area contributed by atoms with Crippen LogP contribution < -0.4 is 10.1 Å². The Morgan fingerprint density at radius 1 is 1.20 bits per heavy atom. The molecule has 1 aromatic heterocycles. The molecule has 1 N–H and O–H groups in total. The predicted molar refractivity (Wildman–Crippen MR) is 111 cm³/mol. The number of carbonyl (C=O) groups excluding carboxylic acids is 1. The Balaban J connectivity index is 1.52. The van der Waals surface area contributed by atoms with Crippen molar-refractivity contribution in [1.82, 2.24) is 14.7 Å². The minimum atomic E-state index is -2.85. The van der Waals surface area contributed by atoms with Crippen LogP contribution >= 0.6 is 11.6 Å². The van der Waals surface area contributed by atoms with Gasteiger partial charge in [-0.15, -0.1) is 0 Å². The highest BCUT2D eigenvalue weighted by atomic mass is 35.5. The first kappa shape index (κ1) is 21.7. The number of nitrogens with zero attached hydrogens (tertiary/aromatic N) is 3. The van der Waals surface area contributed by atoms with Crippen LogP contribution in [0.5, 0.6) is 5.75 Å². The van der Waals surface area contributed by atoms with Crippen molar-refractivity contribution >= 4 is 23.3 Å². The third kappa shape index (κ3) is 6.53. The fraction of sp³-hybridized carbons (Fsp3) is 0.238. The van der Waals surface area contributed by atoms with Crippen molar-refractivity contribution in [2.45, 2.75) is 19.7 Å². The maximum absolute atomic E-state index is 12.4. The number of hydrogen-bond donors (Lipinski definition) is 1. The minimum absolute atomic E-state index is 0.0992. The van der Waals surface area contributed by atoms with Crippen LogP contribution in [-0.2, 0) is 17.9 Å². The molecular weight excluding hydrogens is 414 g/mol. The summed E-state index contributed by atoms with van der Waals surface area (Å²) in [4.78, 5) is 14.2. The molecule has 0 atom stereocenters. The highest BCUT2D eigenvalue weighted by Gasteiger charge is 2.11.